The van der Waals surface area contributed by atoms with E-state index in [9.17, 15) is 8.78 Å². The molecule has 4 rings (SSSR count). The van der Waals surface area contributed by atoms with Crippen LogP contribution in [0.2, 0.25) is 0 Å². The molecule has 3 aliphatic rings. The van der Waals surface area contributed by atoms with Gasteiger partial charge in [-0.2, -0.15) is 0 Å². The van der Waals surface area contributed by atoms with Gasteiger partial charge in [0.2, 0.25) is 5.92 Å². The summed E-state index contributed by atoms with van der Waals surface area (Å²) in [6.07, 6.45) is 3.57. The molecule has 0 aromatic carbocycles. The quantitative estimate of drug-likeness (QED) is 0.906. The third kappa shape index (κ3) is 2.14. The predicted molar refractivity (Wildman–Crippen MR) is 69.6 cm³/mol. The molecule has 2 fully saturated rings. The van der Waals surface area contributed by atoms with Crippen molar-refractivity contribution < 1.29 is 8.78 Å². The molecule has 2 saturated carbocycles. The van der Waals surface area contributed by atoms with Crippen molar-refractivity contribution in [3.05, 3.63) is 11.6 Å². The molecule has 0 radical (unpaired) electrons. The lowest BCUT2D eigenvalue weighted by Gasteiger charge is -2.30. The predicted octanol–water partition coefficient (Wildman–Crippen LogP) is 2.63. The van der Waals surface area contributed by atoms with Gasteiger partial charge in [-0.25, -0.2) is 8.78 Å². The SMILES string of the molecule is FC1(F)CCC(c2nnc3n2CCNC3C2CC2)CC1. The number of hydrogen-bond donors (Lipinski definition) is 1. The molecule has 1 aromatic heterocycles. The second-order valence-electron chi connectivity index (χ2n) is 6.47. The smallest absolute Gasteiger partial charge is 0.248 e. The van der Waals surface area contributed by atoms with Gasteiger partial charge in [0.25, 0.3) is 0 Å². The third-order valence-electron chi connectivity index (χ3n) is 4.96. The van der Waals surface area contributed by atoms with Gasteiger partial charge in [0, 0.05) is 31.8 Å². The molecule has 20 heavy (non-hydrogen) atoms. The summed E-state index contributed by atoms with van der Waals surface area (Å²) in [6.45, 7) is 1.80. The first-order chi connectivity index (χ1) is 9.64. The van der Waals surface area contributed by atoms with Crippen LogP contribution in [0.15, 0.2) is 0 Å². The number of fused-ring (bicyclic) bond motifs is 1. The van der Waals surface area contributed by atoms with E-state index < -0.39 is 5.92 Å². The van der Waals surface area contributed by atoms with Gasteiger partial charge in [0.1, 0.15) is 5.82 Å². The zero-order valence-electron chi connectivity index (χ0n) is 11.5. The van der Waals surface area contributed by atoms with E-state index in [-0.39, 0.29) is 18.8 Å². The van der Waals surface area contributed by atoms with Crippen LogP contribution in [0.1, 0.15) is 62.1 Å². The highest BCUT2D eigenvalue weighted by atomic mass is 19.3. The second kappa shape index (κ2) is 4.48. The number of rotatable bonds is 2. The first kappa shape index (κ1) is 12.7. The van der Waals surface area contributed by atoms with Gasteiger partial charge < -0.3 is 9.88 Å². The molecule has 0 bridgehead atoms. The second-order valence-corrected chi connectivity index (χ2v) is 6.47. The molecule has 4 nitrogen and oxygen atoms in total. The van der Waals surface area contributed by atoms with Gasteiger partial charge in [-0.15, -0.1) is 10.2 Å². The molecule has 110 valence electrons. The number of aromatic nitrogens is 3. The highest BCUT2D eigenvalue weighted by molar-refractivity contribution is 5.12. The molecule has 1 aromatic rings. The summed E-state index contributed by atoms with van der Waals surface area (Å²) in [5.41, 5.74) is 0. The average Bonchev–Trinajstić information content (AvgIpc) is 3.18. The monoisotopic (exact) mass is 282 g/mol. The highest BCUT2D eigenvalue weighted by Gasteiger charge is 2.40. The number of halogens is 2. The van der Waals surface area contributed by atoms with E-state index in [1.807, 2.05) is 0 Å². The fourth-order valence-corrected chi connectivity index (χ4v) is 3.62. The first-order valence-corrected chi connectivity index (χ1v) is 7.68. The lowest BCUT2D eigenvalue weighted by atomic mass is 9.86. The Bertz CT molecular complexity index is 499. The molecule has 2 aliphatic carbocycles. The Morgan fingerprint density at radius 2 is 1.75 bits per heavy atom. The fourth-order valence-electron chi connectivity index (χ4n) is 3.62. The fraction of sp³-hybridized carbons (Fsp3) is 0.857. The van der Waals surface area contributed by atoms with Crippen molar-refractivity contribution in [3.8, 4) is 0 Å². The van der Waals surface area contributed by atoms with E-state index in [2.05, 4.69) is 20.1 Å². The molecule has 0 saturated heterocycles. The number of nitrogens with one attached hydrogen (secondary N) is 1. The Balaban J connectivity index is 1.58. The molecule has 1 aliphatic heterocycles. The van der Waals surface area contributed by atoms with E-state index in [0.29, 0.717) is 24.8 Å². The van der Waals surface area contributed by atoms with Crippen molar-refractivity contribution in [1.82, 2.24) is 20.1 Å². The van der Waals surface area contributed by atoms with E-state index in [4.69, 9.17) is 0 Å². The topological polar surface area (TPSA) is 42.7 Å². The molecule has 1 N–H and O–H groups in total. The zero-order valence-corrected chi connectivity index (χ0v) is 11.5. The Morgan fingerprint density at radius 3 is 2.45 bits per heavy atom. The summed E-state index contributed by atoms with van der Waals surface area (Å²) in [5, 5.41) is 12.3. The molecule has 0 amide bonds. The van der Waals surface area contributed by atoms with Gasteiger partial charge in [-0.05, 0) is 31.6 Å². The molecule has 0 spiro atoms. The van der Waals surface area contributed by atoms with E-state index >= 15 is 0 Å². The van der Waals surface area contributed by atoms with Crippen LogP contribution in [-0.2, 0) is 6.54 Å². The van der Waals surface area contributed by atoms with Gasteiger partial charge in [-0.1, -0.05) is 0 Å². The van der Waals surface area contributed by atoms with Gasteiger partial charge in [0.15, 0.2) is 5.82 Å². The normalized spacial score (nSPS) is 30.2. The van der Waals surface area contributed by atoms with Gasteiger partial charge >= 0.3 is 0 Å². The van der Waals surface area contributed by atoms with Crippen LogP contribution in [0.5, 0.6) is 0 Å². The van der Waals surface area contributed by atoms with Crippen LogP contribution in [0.4, 0.5) is 8.78 Å². The molecule has 2 heterocycles. The average molecular weight is 282 g/mol. The minimum atomic E-state index is -2.47. The van der Waals surface area contributed by atoms with Crippen molar-refractivity contribution in [2.75, 3.05) is 6.54 Å². The summed E-state index contributed by atoms with van der Waals surface area (Å²) in [6, 6.07) is 0.329. The zero-order chi connectivity index (χ0) is 13.7. The van der Waals surface area contributed by atoms with Crippen molar-refractivity contribution in [3.63, 3.8) is 0 Å². The molecule has 6 heteroatoms. The van der Waals surface area contributed by atoms with E-state index in [1.165, 1.54) is 12.8 Å². The summed E-state index contributed by atoms with van der Waals surface area (Å²) < 4.78 is 28.8. The third-order valence-corrected chi connectivity index (χ3v) is 4.96. The lowest BCUT2D eigenvalue weighted by molar-refractivity contribution is -0.0390. The minimum absolute atomic E-state index is 0.00976. The minimum Gasteiger partial charge on any atom is -0.312 e. The number of hydrogen-bond acceptors (Lipinski definition) is 3. The number of alkyl halides is 2. The summed E-state index contributed by atoms with van der Waals surface area (Å²) in [5.74, 6) is 0.364. The highest BCUT2D eigenvalue weighted by Crippen LogP contribution is 2.44. The first-order valence-electron chi connectivity index (χ1n) is 7.68. The summed E-state index contributed by atoms with van der Waals surface area (Å²) in [4.78, 5) is 0. The van der Waals surface area contributed by atoms with Crippen molar-refractivity contribution in [2.45, 2.75) is 63.0 Å². The van der Waals surface area contributed by atoms with Crippen LogP contribution >= 0.6 is 0 Å². The van der Waals surface area contributed by atoms with Crippen molar-refractivity contribution in [2.24, 2.45) is 5.92 Å². The molecular weight excluding hydrogens is 262 g/mol. The van der Waals surface area contributed by atoms with E-state index in [1.54, 1.807) is 0 Å². The Labute approximate surface area is 117 Å². The molecule has 1 unspecified atom stereocenters. The van der Waals surface area contributed by atoms with Crippen molar-refractivity contribution >= 4 is 0 Å². The Kier molecular flexibility index (Phi) is 2.84. The van der Waals surface area contributed by atoms with E-state index in [0.717, 1.165) is 24.7 Å². The summed E-state index contributed by atoms with van der Waals surface area (Å²) in [7, 11) is 0. The molecular formula is C14H20F2N4. The lowest BCUT2D eigenvalue weighted by Crippen LogP contribution is -2.36. The van der Waals surface area contributed by atoms with Crippen LogP contribution in [-0.4, -0.2) is 27.2 Å². The van der Waals surface area contributed by atoms with Crippen molar-refractivity contribution in [1.29, 1.82) is 0 Å². The Hall–Kier alpha value is -1.04. The maximum atomic E-state index is 13.3. The maximum absolute atomic E-state index is 13.3. The number of nitrogens with zero attached hydrogens (tertiary/aromatic N) is 3. The largest absolute Gasteiger partial charge is 0.312 e. The van der Waals surface area contributed by atoms with Crippen LogP contribution in [0, 0.1) is 5.92 Å². The van der Waals surface area contributed by atoms with Gasteiger partial charge in [0.05, 0.1) is 6.04 Å². The maximum Gasteiger partial charge on any atom is 0.248 e. The summed E-state index contributed by atoms with van der Waals surface area (Å²) >= 11 is 0. The Morgan fingerprint density at radius 1 is 1.05 bits per heavy atom. The molecule has 1 atom stereocenters. The van der Waals surface area contributed by atoms with Crippen LogP contribution in [0.25, 0.3) is 0 Å². The van der Waals surface area contributed by atoms with Crippen LogP contribution < -0.4 is 5.32 Å². The van der Waals surface area contributed by atoms with Gasteiger partial charge in [-0.3, -0.25) is 0 Å². The standard InChI is InChI=1S/C14H20F2N4/c15-14(16)5-3-10(4-6-14)12-18-19-13-11(9-1-2-9)17-7-8-20(12)13/h9-11,17H,1-8H2. The van der Waals surface area contributed by atoms with Crippen LogP contribution in [0.3, 0.4) is 0 Å².